The molecule has 0 radical (unpaired) electrons. The predicted molar refractivity (Wildman–Crippen MR) is 149 cm³/mol. The highest BCUT2D eigenvalue weighted by atomic mass is 16.9. The van der Waals surface area contributed by atoms with Crippen LogP contribution in [0.3, 0.4) is 0 Å². The highest BCUT2D eigenvalue weighted by Crippen LogP contribution is 2.73. The van der Waals surface area contributed by atoms with Crippen molar-refractivity contribution in [3.63, 3.8) is 0 Å². The van der Waals surface area contributed by atoms with Crippen molar-refractivity contribution < 1.29 is 48.6 Å². The zero-order valence-electron chi connectivity index (χ0n) is 25.4. The summed E-state index contributed by atoms with van der Waals surface area (Å²) in [5.41, 5.74) is -5.82. The van der Waals surface area contributed by atoms with E-state index in [-0.39, 0.29) is 5.57 Å². The Morgan fingerprint density at radius 1 is 1.07 bits per heavy atom. The summed E-state index contributed by atoms with van der Waals surface area (Å²) in [4.78, 5) is 26.2. The maximum absolute atomic E-state index is 13.7. The molecule has 0 aromatic carbocycles. The number of Topliss-reactive ketones (excluding diaryl/α,β-unsaturated/α-hetero) is 1. The fraction of sp³-hybridized carbons (Fsp3) is 0.812. The van der Waals surface area contributed by atoms with E-state index in [2.05, 4.69) is 13.5 Å². The van der Waals surface area contributed by atoms with Crippen LogP contribution in [0, 0.1) is 17.8 Å². The highest BCUT2D eigenvalue weighted by Gasteiger charge is 2.90. The van der Waals surface area contributed by atoms with Crippen molar-refractivity contribution >= 4 is 11.8 Å². The molecule has 42 heavy (non-hydrogen) atoms. The minimum absolute atomic E-state index is 0.277. The first-order valence-corrected chi connectivity index (χ1v) is 15.7. The average molecular weight is 591 g/mol. The van der Waals surface area contributed by atoms with Crippen molar-refractivity contribution in [3.8, 4) is 0 Å². The molecule has 0 spiro atoms. The molecule has 0 aromatic heterocycles. The normalized spacial score (nSPS) is 49.6. The number of fused-ring (bicyclic) bond motifs is 3. The molecule has 6 aliphatic rings. The van der Waals surface area contributed by atoms with Crippen molar-refractivity contribution in [2.24, 2.45) is 17.8 Å². The topological polar surface area (TPSA) is 144 Å². The van der Waals surface area contributed by atoms with Gasteiger partial charge in [-0.1, -0.05) is 65.0 Å². The number of rotatable bonds is 11. The molecule has 2 saturated carbocycles. The third kappa shape index (κ3) is 3.63. The molecule has 5 fully saturated rings. The maximum atomic E-state index is 13.7. The Morgan fingerprint density at radius 3 is 2.36 bits per heavy atom. The Balaban J connectivity index is 1.49. The molecule has 3 saturated heterocycles. The highest BCUT2D eigenvalue weighted by molar-refractivity contribution is 6.05. The van der Waals surface area contributed by atoms with E-state index in [1.807, 2.05) is 6.92 Å². The number of hydrogen-bond donors (Lipinski definition) is 3. The molecule has 0 aromatic rings. The molecule has 12 atom stereocenters. The smallest absolute Gasteiger partial charge is 0.303 e. The van der Waals surface area contributed by atoms with E-state index in [1.54, 1.807) is 19.9 Å². The van der Waals surface area contributed by atoms with Gasteiger partial charge in [0.25, 0.3) is 5.97 Å². The molecule has 3 aliphatic carbocycles. The van der Waals surface area contributed by atoms with E-state index >= 15 is 0 Å². The number of esters is 1. The molecule has 1 unspecified atom stereocenters. The van der Waals surface area contributed by atoms with Gasteiger partial charge in [0.15, 0.2) is 17.0 Å². The summed E-state index contributed by atoms with van der Waals surface area (Å²) in [6.07, 6.45) is 5.20. The van der Waals surface area contributed by atoms with Crippen LogP contribution in [-0.2, 0) is 33.3 Å². The second-order valence-corrected chi connectivity index (χ2v) is 13.6. The Bertz CT molecular complexity index is 1200. The molecule has 0 amide bonds. The van der Waals surface area contributed by atoms with Gasteiger partial charge in [-0.3, -0.25) is 9.59 Å². The van der Waals surface area contributed by atoms with Crippen LogP contribution in [0.15, 0.2) is 23.8 Å². The Morgan fingerprint density at radius 2 is 1.74 bits per heavy atom. The lowest BCUT2D eigenvalue weighted by molar-refractivity contribution is -0.431. The zero-order valence-corrected chi connectivity index (χ0v) is 25.4. The fourth-order valence-electron chi connectivity index (χ4n) is 9.22. The lowest BCUT2D eigenvalue weighted by atomic mass is 9.53. The molecule has 234 valence electrons. The number of epoxide rings is 1. The van der Waals surface area contributed by atoms with E-state index in [0.29, 0.717) is 12.0 Å². The first kappa shape index (κ1) is 30.4. The van der Waals surface area contributed by atoms with Gasteiger partial charge in [-0.2, -0.15) is 0 Å². The van der Waals surface area contributed by atoms with E-state index in [0.717, 1.165) is 25.7 Å². The van der Waals surface area contributed by atoms with Gasteiger partial charge in [0.05, 0.1) is 12.2 Å². The van der Waals surface area contributed by atoms with Gasteiger partial charge in [-0.05, 0) is 31.4 Å². The molecular formula is C32H46O10. The summed E-state index contributed by atoms with van der Waals surface area (Å²) in [6.45, 7) is 12.4. The number of carbonyl (C=O) groups excluding carboxylic acids is 2. The van der Waals surface area contributed by atoms with Crippen LogP contribution >= 0.6 is 0 Å². The first-order valence-electron chi connectivity index (χ1n) is 15.7. The van der Waals surface area contributed by atoms with E-state index < -0.39 is 88.9 Å². The van der Waals surface area contributed by atoms with Crippen molar-refractivity contribution in [2.45, 2.75) is 139 Å². The summed E-state index contributed by atoms with van der Waals surface area (Å²) in [6, 6.07) is 0. The van der Waals surface area contributed by atoms with Crippen LogP contribution < -0.4 is 0 Å². The molecule has 6 rings (SSSR count). The minimum Gasteiger partial charge on any atom is -0.459 e. The monoisotopic (exact) mass is 590 g/mol. The number of aliphatic hydroxyl groups excluding tert-OH is 2. The number of carbonyl (C=O) groups is 2. The average Bonchev–Trinajstić information content (AvgIpc) is 3.57. The number of unbranched alkanes of at least 4 members (excludes halogenated alkanes) is 6. The summed E-state index contributed by atoms with van der Waals surface area (Å²) in [7, 11) is 0. The number of hydrogen-bond acceptors (Lipinski definition) is 10. The van der Waals surface area contributed by atoms with Crippen LogP contribution in [0.4, 0.5) is 0 Å². The van der Waals surface area contributed by atoms with Crippen LogP contribution in [-0.4, -0.2) is 86.5 Å². The number of aliphatic hydroxyl groups is 3. The molecule has 10 nitrogen and oxygen atoms in total. The Kier molecular flexibility index (Phi) is 7.18. The van der Waals surface area contributed by atoms with Gasteiger partial charge < -0.3 is 39.0 Å². The zero-order chi connectivity index (χ0) is 30.5. The lowest BCUT2D eigenvalue weighted by Gasteiger charge is -2.61. The largest absolute Gasteiger partial charge is 0.459 e. The van der Waals surface area contributed by atoms with Crippen molar-refractivity contribution in [1.29, 1.82) is 0 Å². The van der Waals surface area contributed by atoms with Crippen molar-refractivity contribution in [3.05, 3.63) is 23.8 Å². The SMILES string of the molecule is C=C(C)[C@@]12OC3(CCCCCCCCC)O[C@@H]1[C@@H]1[C@@H]4O[C@]4(CO)[C@@H](O)[C@]4(O)C(=O)C(C)=C[C@H]4[C@@]1(O3)[C@H](C)[C@H]2OC(C)=O. The summed E-state index contributed by atoms with van der Waals surface area (Å²) >= 11 is 0. The lowest BCUT2D eigenvalue weighted by Crippen LogP contribution is -2.76. The van der Waals surface area contributed by atoms with E-state index in [9.17, 15) is 24.9 Å². The second kappa shape index (κ2) is 9.92. The van der Waals surface area contributed by atoms with Gasteiger partial charge in [0, 0.05) is 31.1 Å². The molecule has 3 heterocycles. The third-order valence-corrected chi connectivity index (χ3v) is 11.2. The first-order chi connectivity index (χ1) is 19.8. The summed E-state index contributed by atoms with van der Waals surface area (Å²) in [5.74, 6) is -5.13. The van der Waals surface area contributed by atoms with Crippen LogP contribution in [0.5, 0.6) is 0 Å². The summed E-state index contributed by atoms with van der Waals surface area (Å²) < 4.78 is 32.8. The van der Waals surface area contributed by atoms with Crippen LogP contribution in [0.2, 0.25) is 0 Å². The van der Waals surface area contributed by atoms with Gasteiger partial charge >= 0.3 is 5.97 Å². The minimum atomic E-state index is -2.34. The van der Waals surface area contributed by atoms with Gasteiger partial charge in [0.2, 0.25) is 0 Å². The quantitative estimate of drug-likeness (QED) is 0.142. The standard InChI is InChI=1S/C32H46O10/c1-7-8-9-10-11-12-13-14-29-40-26-22-25-28(16-33,39-25)27(36)30(37)21(15-18(4)23(30)35)32(22,42-29)19(5)24(38-20(6)34)31(26,41-29)17(2)3/h15,19,21-22,24-27,33,36-37H,2,7-14,16H2,1,3-6H3/t19-,21-,22+,24-,25+,26-,27-,28+,29?,30-,31+,32+/m1/s1. The molecule has 3 N–H and O–H groups in total. The molecule has 3 bridgehead atoms. The van der Waals surface area contributed by atoms with Gasteiger partial charge in [-0.15, -0.1) is 0 Å². The maximum Gasteiger partial charge on any atom is 0.303 e. The Hall–Kier alpha value is -1.66. The van der Waals surface area contributed by atoms with Gasteiger partial charge in [-0.25, -0.2) is 0 Å². The van der Waals surface area contributed by atoms with Crippen molar-refractivity contribution in [2.75, 3.05) is 6.61 Å². The number of ether oxygens (including phenoxy) is 5. The van der Waals surface area contributed by atoms with Crippen molar-refractivity contribution in [1.82, 2.24) is 0 Å². The third-order valence-electron chi connectivity index (χ3n) is 11.2. The Labute approximate surface area is 247 Å². The second-order valence-electron chi connectivity index (χ2n) is 13.6. The molecule has 10 heteroatoms. The van der Waals surface area contributed by atoms with Crippen LogP contribution in [0.1, 0.15) is 86.0 Å². The molecule has 3 aliphatic heterocycles. The fourth-order valence-corrected chi connectivity index (χ4v) is 9.22. The summed E-state index contributed by atoms with van der Waals surface area (Å²) in [5, 5.41) is 34.5. The van der Waals surface area contributed by atoms with E-state index in [1.165, 1.54) is 26.2 Å². The van der Waals surface area contributed by atoms with Gasteiger partial charge in [0.1, 0.15) is 30.0 Å². The van der Waals surface area contributed by atoms with Crippen LogP contribution in [0.25, 0.3) is 0 Å². The predicted octanol–water partition coefficient (Wildman–Crippen LogP) is 2.86. The van der Waals surface area contributed by atoms with E-state index in [4.69, 9.17) is 23.7 Å². The molecular weight excluding hydrogens is 544 g/mol. The number of ketones is 1.